The Hall–Kier alpha value is -0.860. The van der Waals surface area contributed by atoms with Gasteiger partial charge in [0.1, 0.15) is 12.2 Å². The molecule has 0 aromatic heterocycles. The average Bonchev–Trinajstić information content (AvgIpc) is 2.23. The van der Waals surface area contributed by atoms with Crippen molar-refractivity contribution in [3.63, 3.8) is 0 Å². The third kappa shape index (κ3) is 2.19. The predicted molar refractivity (Wildman–Crippen MR) is 76.1 cm³/mol. The van der Waals surface area contributed by atoms with Crippen LogP contribution in [0.4, 0.5) is 0 Å². The van der Waals surface area contributed by atoms with Gasteiger partial charge in [-0.15, -0.1) is 0 Å². The van der Waals surface area contributed by atoms with Gasteiger partial charge in [0.15, 0.2) is 0 Å². The molecule has 0 aromatic rings. The van der Waals surface area contributed by atoms with Crippen LogP contribution < -0.4 is 0 Å². The van der Waals surface area contributed by atoms with E-state index in [-0.39, 0.29) is 23.6 Å². The fourth-order valence-electron chi connectivity index (χ4n) is 6.29. The molecule has 0 heterocycles. The molecule has 4 aliphatic rings. The molecule has 4 rings (SSSR count). The second-order valence-corrected chi connectivity index (χ2v) is 8.32. The third-order valence-corrected chi connectivity index (χ3v) is 5.83. The lowest BCUT2D eigenvalue weighted by atomic mass is 9.39. The maximum atomic E-state index is 12.8. The molecule has 3 nitrogen and oxygen atoms in total. The van der Waals surface area contributed by atoms with Gasteiger partial charge in [0, 0.05) is 5.41 Å². The van der Waals surface area contributed by atoms with Crippen molar-refractivity contribution < 1.29 is 14.3 Å². The Balaban J connectivity index is 1.82. The molecule has 0 amide bonds. The number of hydrogen-bond acceptors (Lipinski definition) is 3. The van der Waals surface area contributed by atoms with Crippen molar-refractivity contribution >= 4 is 11.8 Å². The van der Waals surface area contributed by atoms with E-state index in [1.165, 1.54) is 19.3 Å². The first-order valence-electron chi connectivity index (χ1n) is 7.97. The summed E-state index contributed by atoms with van der Waals surface area (Å²) in [6.45, 7) is 6.84. The van der Waals surface area contributed by atoms with Crippen molar-refractivity contribution in [2.75, 3.05) is 6.61 Å². The molecule has 2 atom stereocenters. The fourth-order valence-corrected chi connectivity index (χ4v) is 6.29. The van der Waals surface area contributed by atoms with E-state index in [2.05, 4.69) is 13.8 Å². The second kappa shape index (κ2) is 4.32. The smallest absolute Gasteiger partial charge is 0.313 e. The number of carbonyl (C=O) groups is 2. The van der Waals surface area contributed by atoms with E-state index in [0.717, 1.165) is 19.3 Å². The van der Waals surface area contributed by atoms with Crippen LogP contribution in [0.15, 0.2) is 0 Å². The third-order valence-electron chi connectivity index (χ3n) is 5.83. The van der Waals surface area contributed by atoms with Crippen LogP contribution in [0.1, 0.15) is 65.7 Å². The molecule has 2 unspecified atom stereocenters. The highest BCUT2D eigenvalue weighted by molar-refractivity contribution is 5.99. The number of ether oxygens (including phenoxy) is 1. The first kappa shape index (κ1) is 14.1. The minimum Gasteiger partial charge on any atom is -0.466 e. The summed E-state index contributed by atoms with van der Waals surface area (Å²) in [5.74, 6) is 0.494. The van der Waals surface area contributed by atoms with E-state index < -0.39 is 0 Å². The number of esters is 1. The monoisotopic (exact) mass is 278 g/mol. The number of hydrogen-bond donors (Lipinski definition) is 0. The normalized spacial score (nSPS) is 45.5. The quantitative estimate of drug-likeness (QED) is 0.584. The molecule has 4 bridgehead atoms. The summed E-state index contributed by atoms with van der Waals surface area (Å²) in [5, 5.41) is 0. The first-order chi connectivity index (χ1) is 9.28. The molecule has 0 aromatic carbocycles. The van der Waals surface area contributed by atoms with E-state index in [0.29, 0.717) is 23.4 Å². The molecule has 0 N–H and O–H groups in total. The summed E-state index contributed by atoms with van der Waals surface area (Å²) in [5.41, 5.74) is 0.409. The maximum Gasteiger partial charge on any atom is 0.313 e. The van der Waals surface area contributed by atoms with Crippen LogP contribution in [0.5, 0.6) is 0 Å². The molecule has 0 aliphatic heterocycles. The molecule has 0 radical (unpaired) electrons. The van der Waals surface area contributed by atoms with Gasteiger partial charge in [-0.25, -0.2) is 0 Å². The molecule has 20 heavy (non-hydrogen) atoms. The molecular weight excluding hydrogens is 252 g/mol. The van der Waals surface area contributed by atoms with Crippen LogP contribution >= 0.6 is 0 Å². The van der Waals surface area contributed by atoms with E-state index in [4.69, 9.17) is 4.74 Å². The summed E-state index contributed by atoms with van der Waals surface area (Å²) >= 11 is 0. The maximum absolute atomic E-state index is 12.8. The van der Waals surface area contributed by atoms with Crippen LogP contribution in [0.25, 0.3) is 0 Å². The van der Waals surface area contributed by atoms with Crippen molar-refractivity contribution in [2.45, 2.75) is 65.7 Å². The van der Waals surface area contributed by atoms with Crippen molar-refractivity contribution in [1.82, 2.24) is 0 Å². The highest BCUT2D eigenvalue weighted by Gasteiger charge is 2.62. The summed E-state index contributed by atoms with van der Waals surface area (Å²) in [4.78, 5) is 24.4. The molecule has 0 saturated heterocycles. The molecule has 3 heteroatoms. The summed E-state index contributed by atoms with van der Waals surface area (Å²) in [6, 6.07) is 0. The topological polar surface area (TPSA) is 43.4 Å². The van der Waals surface area contributed by atoms with Gasteiger partial charge in [-0.05, 0) is 62.2 Å². The van der Waals surface area contributed by atoms with E-state index in [9.17, 15) is 9.59 Å². The highest BCUT2D eigenvalue weighted by Crippen LogP contribution is 2.69. The Morgan fingerprint density at radius 3 is 2.15 bits per heavy atom. The minimum absolute atomic E-state index is 0.0211. The van der Waals surface area contributed by atoms with Crippen molar-refractivity contribution in [2.24, 2.45) is 22.2 Å². The van der Waals surface area contributed by atoms with Gasteiger partial charge in [-0.1, -0.05) is 13.8 Å². The largest absolute Gasteiger partial charge is 0.466 e. The van der Waals surface area contributed by atoms with Crippen molar-refractivity contribution in [1.29, 1.82) is 0 Å². The van der Waals surface area contributed by atoms with Gasteiger partial charge in [-0.3, -0.25) is 9.59 Å². The Bertz CT molecular complexity index is 435. The SMILES string of the molecule is CCOC(=O)CC(=O)C12CC3CC(C)(CC(C)(C3)C1)C2. The van der Waals surface area contributed by atoms with Crippen LogP contribution in [-0.4, -0.2) is 18.4 Å². The number of ketones is 1. The first-order valence-corrected chi connectivity index (χ1v) is 7.97. The Morgan fingerprint density at radius 1 is 1.05 bits per heavy atom. The second-order valence-electron chi connectivity index (χ2n) is 8.32. The molecule has 0 spiro atoms. The Kier molecular flexibility index (Phi) is 3.04. The van der Waals surface area contributed by atoms with Gasteiger partial charge < -0.3 is 4.74 Å². The van der Waals surface area contributed by atoms with E-state index in [1.54, 1.807) is 6.92 Å². The van der Waals surface area contributed by atoms with Crippen molar-refractivity contribution in [3.05, 3.63) is 0 Å². The summed E-state index contributed by atoms with van der Waals surface area (Å²) in [7, 11) is 0. The van der Waals surface area contributed by atoms with Crippen LogP contribution in [0, 0.1) is 22.2 Å². The number of carbonyl (C=O) groups excluding carboxylic acids is 2. The van der Waals surface area contributed by atoms with E-state index in [1.807, 2.05) is 0 Å². The molecule has 4 aliphatic carbocycles. The Labute approximate surface area is 121 Å². The van der Waals surface area contributed by atoms with E-state index >= 15 is 0 Å². The zero-order valence-corrected chi connectivity index (χ0v) is 13.0. The standard InChI is InChI=1S/C17H26O3/c1-4-20-14(19)5-13(18)17-8-12-6-15(2,10-17)9-16(3,7-12)11-17/h12H,4-11H2,1-3H3. The van der Waals surface area contributed by atoms with Gasteiger partial charge in [0.25, 0.3) is 0 Å². The zero-order valence-electron chi connectivity index (χ0n) is 13.0. The molecule has 112 valence electrons. The molecule has 4 fully saturated rings. The van der Waals surface area contributed by atoms with Gasteiger partial charge >= 0.3 is 5.97 Å². The summed E-state index contributed by atoms with van der Waals surface area (Å²) in [6.07, 6.45) is 6.77. The number of rotatable bonds is 4. The number of Topliss-reactive ketones (excluding diaryl/α,β-unsaturated/α-hetero) is 1. The predicted octanol–water partition coefficient (Wildman–Crippen LogP) is 3.51. The molecule has 4 saturated carbocycles. The van der Waals surface area contributed by atoms with Gasteiger partial charge in [-0.2, -0.15) is 0 Å². The fraction of sp³-hybridized carbons (Fsp3) is 0.882. The highest BCUT2D eigenvalue weighted by atomic mass is 16.5. The lowest BCUT2D eigenvalue weighted by molar-refractivity contribution is -0.171. The van der Waals surface area contributed by atoms with Gasteiger partial charge in [0.05, 0.1) is 6.61 Å². The van der Waals surface area contributed by atoms with Crippen LogP contribution in [-0.2, 0) is 14.3 Å². The average molecular weight is 278 g/mol. The van der Waals surface area contributed by atoms with Crippen LogP contribution in [0.3, 0.4) is 0 Å². The van der Waals surface area contributed by atoms with Crippen molar-refractivity contribution in [3.8, 4) is 0 Å². The minimum atomic E-state index is -0.344. The lowest BCUT2D eigenvalue weighted by Gasteiger charge is -2.64. The Morgan fingerprint density at radius 2 is 1.65 bits per heavy atom. The molecular formula is C17H26O3. The van der Waals surface area contributed by atoms with Gasteiger partial charge in [0.2, 0.25) is 0 Å². The summed E-state index contributed by atoms with van der Waals surface area (Å²) < 4.78 is 4.97. The zero-order chi connectivity index (χ0) is 14.6. The van der Waals surface area contributed by atoms with Crippen LogP contribution in [0.2, 0.25) is 0 Å². The lowest BCUT2D eigenvalue weighted by Crippen LogP contribution is -2.57.